The average Bonchev–Trinajstić information content (AvgIpc) is 2.32. The molecule has 2 nitrogen and oxygen atoms in total. The topological polar surface area (TPSA) is 20.3 Å². The maximum atomic E-state index is 11.9. The van der Waals surface area contributed by atoms with Crippen molar-refractivity contribution in [2.45, 2.75) is 32.7 Å². The molecule has 0 N–H and O–H groups in total. The van der Waals surface area contributed by atoms with Gasteiger partial charge in [-0.3, -0.25) is 4.79 Å². The molecule has 1 heterocycles. The van der Waals surface area contributed by atoms with Crippen molar-refractivity contribution < 1.29 is 4.79 Å². The summed E-state index contributed by atoms with van der Waals surface area (Å²) in [6, 6.07) is 10.5. The summed E-state index contributed by atoms with van der Waals surface area (Å²) in [5, 5.41) is 0. The number of likely N-dealkylation sites (tertiary alicyclic amines) is 1. The Morgan fingerprint density at radius 2 is 2.00 bits per heavy atom. The van der Waals surface area contributed by atoms with Crippen LogP contribution in [0.5, 0.6) is 0 Å². The van der Waals surface area contributed by atoms with Crippen molar-refractivity contribution in [3.8, 4) is 0 Å². The maximum Gasteiger partial charge on any atom is 0.223 e. The molecule has 0 aliphatic carbocycles. The third-order valence-corrected chi connectivity index (χ3v) is 3.43. The minimum atomic E-state index is 0.205. The molecule has 0 spiro atoms. The van der Waals surface area contributed by atoms with E-state index in [4.69, 9.17) is 0 Å². The van der Waals surface area contributed by atoms with Crippen LogP contribution in [0.1, 0.15) is 38.3 Å². The van der Waals surface area contributed by atoms with Gasteiger partial charge in [0.05, 0.1) is 6.04 Å². The molecule has 2 atom stereocenters. The third kappa shape index (κ3) is 2.26. The van der Waals surface area contributed by atoms with E-state index < -0.39 is 0 Å². The Morgan fingerprint density at radius 1 is 1.31 bits per heavy atom. The van der Waals surface area contributed by atoms with Crippen molar-refractivity contribution in [1.82, 2.24) is 4.90 Å². The number of hydrogen-bond acceptors (Lipinski definition) is 1. The standard InChI is InChI=1S/C14H19NO/c1-11-8-9-14(16)15(10-11)12(2)13-6-4-3-5-7-13/h3-7,11-12H,8-10H2,1-2H3. The highest BCUT2D eigenvalue weighted by atomic mass is 16.2. The number of hydrogen-bond donors (Lipinski definition) is 0. The SMILES string of the molecule is CC1CCC(=O)N(C(C)c2ccccc2)C1. The molecule has 1 amide bonds. The van der Waals surface area contributed by atoms with Crippen molar-refractivity contribution in [2.24, 2.45) is 5.92 Å². The number of benzene rings is 1. The van der Waals surface area contributed by atoms with E-state index in [0.29, 0.717) is 18.2 Å². The van der Waals surface area contributed by atoms with Gasteiger partial charge in [0.2, 0.25) is 5.91 Å². The van der Waals surface area contributed by atoms with Gasteiger partial charge in [-0.2, -0.15) is 0 Å². The van der Waals surface area contributed by atoms with Crippen LogP contribution in [0, 0.1) is 5.92 Å². The summed E-state index contributed by atoms with van der Waals surface area (Å²) >= 11 is 0. The molecule has 1 aromatic carbocycles. The van der Waals surface area contributed by atoms with E-state index in [9.17, 15) is 4.79 Å². The molecule has 2 rings (SSSR count). The fraction of sp³-hybridized carbons (Fsp3) is 0.500. The fourth-order valence-electron chi connectivity index (χ4n) is 2.33. The predicted molar refractivity (Wildman–Crippen MR) is 65.0 cm³/mol. The van der Waals surface area contributed by atoms with E-state index in [1.807, 2.05) is 23.1 Å². The van der Waals surface area contributed by atoms with Gasteiger partial charge in [0.25, 0.3) is 0 Å². The van der Waals surface area contributed by atoms with Gasteiger partial charge in [-0.05, 0) is 24.8 Å². The maximum absolute atomic E-state index is 11.9. The molecule has 1 aliphatic heterocycles. The summed E-state index contributed by atoms with van der Waals surface area (Å²) in [5.41, 5.74) is 1.23. The molecule has 0 saturated carbocycles. The molecule has 1 aliphatic rings. The summed E-state index contributed by atoms with van der Waals surface area (Å²) in [6.45, 7) is 5.23. The van der Waals surface area contributed by atoms with E-state index in [2.05, 4.69) is 26.0 Å². The number of nitrogens with zero attached hydrogens (tertiary/aromatic N) is 1. The van der Waals surface area contributed by atoms with Crippen molar-refractivity contribution >= 4 is 5.91 Å². The Morgan fingerprint density at radius 3 is 2.69 bits per heavy atom. The summed E-state index contributed by atoms with van der Waals surface area (Å²) in [5.74, 6) is 0.929. The fourth-order valence-corrected chi connectivity index (χ4v) is 2.33. The van der Waals surface area contributed by atoms with Gasteiger partial charge in [0, 0.05) is 13.0 Å². The van der Waals surface area contributed by atoms with Crippen LogP contribution in [-0.2, 0) is 4.79 Å². The summed E-state index contributed by atoms with van der Waals surface area (Å²) in [7, 11) is 0. The van der Waals surface area contributed by atoms with Crippen molar-refractivity contribution in [3.05, 3.63) is 35.9 Å². The third-order valence-electron chi connectivity index (χ3n) is 3.43. The summed E-state index contributed by atoms with van der Waals surface area (Å²) < 4.78 is 0. The van der Waals surface area contributed by atoms with Gasteiger partial charge in [-0.15, -0.1) is 0 Å². The van der Waals surface area contributed by atoms with Crippen LogP contribution < -0.4 is 0 Å². The van der Waals surface area contributed by atoms with E-state index in [1.54, 1.807) is 0 Å². The molecule has 0 radical (unpaired) electrons. The largest absolute Gasteiger partial charge is 0.336 e. The van der Waals surface area contributed by atoms with Gasteiger partial charge in [-0.25, -0.2) is 0 Å². The summed E-state index contributed by atoms with van der Waals surface area (Å²) in [6.07, 6.45) is 1.75. The molecule has 0 bridgehead atoms. The molecule has 1 saturated heterocycles. The number of rotatable bonds is 2. The Hall–Kier alpha value is -1.31. The van der Waals surface area contributed by atoms with Crippen molar-refractivity contribution in [3.63, 3.8) is 0 Å². The van der Waals surface area contributed by atoms with Crippen LogP contribution in [0.15, 0.2) is 30.3 Å². The minimum Gasteiger partial charge on any atom is -0.336 e. The van der Waals surface area contributed by atoms with Crippen LogP contribution in [0.3, 0.4) is 0 Å². The summed E-state index contributed by atoms with van der Waals surface area (Å²) in [4.78, 5) is 13.9. The lowest BCUT2D eigenvalue weighted by Gasteiger charge is -2.35. The average molecular weight is 217 g/mol. The van der Waals surface area contributed by atoms with Crippen LogP contribution in [0.4, 0.5) is 0 Å². The van der Waals surface area contributed by atoms with E-state index in [-0.39, 0.29) is 6.04 Å². The predicted octanol–water partition coefficient (Wildman–Crippen LogP) is 3.01. The number of carbonyl (C=O) groups excluding carboxylic acids is 1. The number of piperidine rings is 1. The molecule has 2 heteroatoms. The zero-order valence-corrected chi connectivity index (χ0v) is 10.0. The lowest BCUT2D eigenvalue weighted by molar-refractivity contribution is -0.137. The van der Waals surface area contributed by atoms with Crippen LogP contribution >= 0.6 is 0 Å². The zero-order valence-electron chi connectivity index (χ0n) is 10.0. The Kier molecular flexibility index (Phi) is 3.28. The smallest absolute Gasteiger partial charge is 0.223 e. The highest BCUT2D eigenvalue weighted by Crippen LogP contribution is 2.26. The Labute approximate surface area is 97.3 Å². The molecule has 86 valence electrons. The molecule has 2 unspecified atom stereocenters. The molecule has 16 heavy (non-hydrogen) atoms. The Bertz CT molecular complexity index is 360. The molecule has 1 fully saturated rings. The zero-order chi connectivity index (χ0) is 11.5. The van der Waals surface area contributed by atoms with Gasteiger partial charge in [0.1, 0.15) is 0 Å². The molecular weight excluding hydrogens is 198 g/mol. The van der Waals surface area contributed by atoms with E-state index >= 15 is 0 Å². The molecule has 0 aromatic heterocycles. The van der Waals surface area contributed by atoms with Crippen molar-refractivity contribution in [1.29, 1.82) is 0 Å². The second-order valence-corrected chi connectivity index (χ2v) is 4.78. The quantitative estimate of drug-likeness (QED) is 0.745. The first-order valence-electron chi connectivity index (χ1n) is 6.03. The number of carbonyl (C=O) groups is 1. The lowest BCUT2D eigenvalue weighted by Crippen LogP contribution is -2.40. The first kappa shape index (κ1) is 11.2. The van der Waals surface area contributed by atoms with E-state index in [0.717, 1.165) is 13.0 Å². The van der Waals surface area contributed by atoms with Gasteiger partial charge >= 0.3 is 0 Å². The van der Waals surface area contributed by atoms with Crippen LogP contribution in [-0.4, -0.2) is 17.4 Å². The normalized spacial score (nSPS) is 23.2. The second kappa shape index (κ2) is 4.69. The van der Waals surface area contributed by atoms with Crippen LogP contribution in [0.2, 0.25) is 0 Å². The molecule has 1 aromatic rings. The molecular formula is C14H19NO. The highest BCUT2D eigenvalue weighted by molar-refractivity contribution is 5.77. The first-order valence-corrected chi connectivity index (χ1v) is 6.03. The first-order chi connectivity index (χ1) is 7.68. The van der Waals surface area contributed by atoms with Gasteiger partial charge < -0.3 is 4.90 Å². The number of amides is 1. The van der Waals surface area contributed by atoms with Gasteiger partial charge in [-0.1, -0.05) is 37.3 Å². The van der Waals surface area contributed by atoms with Crippen molar-refractivity contribution in [2.75, 3.05) is 6.54 Å². The monoisotopic (exact) mass is 217 g/mol. The Balaban J connectivity index is 2.14. The second-order valence-electron chi connectivity index (χ2n) is 4.78. The highest BCUT2D eigenvalue weighted by Gasteiger charge is 2.27. The lowest BCUT2D eigenvalue weighted by atomic mass is 9.96. The van der Waals surface area contributed by atoms with Crippen LogP contribution in [0.25, 0.3) is 0 Å². The minimum absolute atomic E-state index is 0.205. The van der Waals surface area contributed by atoms with Gasteiger partial charge in [0.15, 0.2) is 0 Å². The van der Waals surface area contributed by atoms with E-state index in [1.165, 1.54) is 5.56 Å².